The maximum atomic E-state index is 12.7. The summed E-state index contributed by atoms with van der Waals surface area (Å²) < 4.78 is 11.2. The van der Waals surface area contributed by atoms with E-state index in [0.29, 0.717) is 34.7 Å². The lowest BCUT2D eigenvalue weighted by molar-refractivity contribution is 0.273. The van der Waals surface area contributed by atoms with E-state index in [1.54, 1.807) is 18.2 Å². The number of aromatic amines is 1. The van der Waals surface area contributed by atoms with Crippen LogP contribution < -0.4 is 15.0 Å². The van der Waals surface area contributed by atoms with Gasteiger partial charge in [0.1, 0.15) is 5.75 Å². The fourth-order valence-electron chi connectivity index (χ4n) is 2.89. The van der Waals surface area contributed by atoms with Crippen LogP contribution in [0.3, 0.4) is 0 Å². The lowest BCUT2D eigenvalue weighted by atomic mass is 10.0. The first-order chi connectivity index (χ1) is 13.5. The molecule has 1 heterocycles. The molecule has 0 aliphatic carbocycles. The number of aromatic nitrogens is 1. The third-order valence-corrected chi connectivity index (χ3v) is 4.44. The number of fused-ring (bicyclic) bond motifs is 1. The van der Waals surface area contributed by atoms with Crippen LogP contribution in [0.5, 0.6) is 23.0 Å². The fourth-order valence-corrected chi connectivity index (χ4v) is 3.06. The quantitative estimate of drug-likeness (QED) is 0.525. The van der Waals surface area contributed by atoms with E-state index >= 15 is 0 Å². The number of rotatable bonds is 7. The summed E-state index contributed by atoms with van der Waals surface area (Å²) in [5, 5.41) is 22.1. The van der Waals surface area contributed by atoms with Crippen LogP contribution in [-0.4, -0.2) is 28.4 Å². The SMILES string of the molecule is CCCOc1cc(-c2c(O)c3ccc(Cl)cc3[nH]c2=O)cc(OCCC)c1O. The Morgan fingerprint density at radius 3 is 2.14 bits per heavy atom. The van der Waals surface area contributed by atoms with Gasteiger partial charge >= 0.3 is 0 Å². The second-order valence-electron chi connectivity index (χ2n) is 6.39. The first kappa shape index (κ1) is 19.9. The van der Waals surface area contributed by atoms with E-state index in [-0.39, 0.29) is 28.6 Å². The molecule has 0 fully saturated rings. The molecule has 0 amide bonds. The van der Waals surface area contributed by atoms with Crippen molar-refractivity contribution in [3.8, 4) is 34.1 Å². The molecule has 3 rings (SSSR count). The number of ether oxygens (including phenoxy) is 2. The first-order valence-corrected chi connectivity index (χ1v) is 9.51. The van der Waals surface area contributed by atoms with Crippen LogP contribution in [0.2, 0.25) is 5.02 Å². The zero-order valence-corrected chi connectivity index (χ0v) is 16.5. The molecule has 0 aliphatic heterocycles. The number of H-pyrrole nitrogens is 1. The van der Waals surface area contributed by atoms with Gasteiger partial charge in [0.2, 0.25) is 5.75 Å². The van der Waals surface area contributed by atoms with Crippen molar-refractivity contribution in [1.82, 2.24) is 4.98 Å². The molecule has 6 nitrogen and oxygen atoms in total. The molecule has 7 heteroatoms. The highest BCUT2D eigenvalue weighted by Gasteiger charge is 2.19. The summed E-state index contributed by atoms with van der Waals surface area (Å²) in [6.45, 7) is 4.67. The summed E-state index contributed by atoms with van der Waals surface area (Å²) in [4.78, 5) is 15.4. The van der Waals surface area contributed by atoms with E-state index in [1.165, 1.54) is 12.1 Å². The maximum Gasteiger partial charge on any atom is 0.260 e. The molecule has 1 aromatic heterocycles. The molecule has 148 valence electrons. The van der Waals surface area contributed by atoms with Crippen molar-refractivity contribution >= 4 is 22.5 Å². The monoisotopic (exact) mass is 403 g/mol. The van der Waals surface area contributed by atoms with Crippen LogP contribution in [0.15, 0.2) is 35.1 Å². The van der Waals surface area contributed by atoms with Gasteiger partial charge in [-0.15, -0.1) is 0 Å². The predicted molar refractivity (Wildman–Crippen MR) is 110 cm³/mol. The summed E-state index contributed by atoms with van der Waals surface area (Å²) in [6.07, 6.45) is 1.49. The number of phenols is 1. The number of aromatic hydroxyl groups is 2. The Morgan fingerprint density at radius 2 is 1.57 bits per heavy atom. The molecular weight excluding hydrogens is 382 g/mol. The lowest BCUT2D eigenvalue weighted by Gasteiger charge is -2.15. The number of nitrogens with one attached hydrogen (secondary N) is 1. The van der Waals surface area contributed by atoms with Gasteiger partial charge in [-0.2, -0.15) is 0 Å². The smallest absolute Gasteiger partial charge is 0.260 e. The highest BCUT2D eigenvalue weighted by atomic mass is 35.5. The molecule has 3 aromatic rings. The minimum Gasteiger partial charge on any atom is -0.506 e. The molecule has 0 spiro atoms. The van der Waals surface area contributed by atoms with Gasteiger partial charge in [0.15, 0.2) is 11.5 Å². The van der Waals surface area contributed by atoms with Gasteiger partial charge in [-0.1, -0.05) is 25.4 Å². The minimum atomic E-state index is -0.485. The van der Waals surface area contributed by atoms with Crippen molar-refractivity contribution in [3.63, 3.8) is 0 Å². The van der Waals surface area contributed by atoms with Crippen molar-refractivity contribution in [2.75, 3.05) is 13.2 Å². The number of pyridine rings is 1. The van der Waals surface area contributed by atoms with Crippen molar-refractivity contribution in [2.24, 2.45) is 0 Å². The van der Waals surface area contributed by atoms with Crippen molar-refractivity contribution < 1.29 is 19.7 Å². The van der Waals surface area contributed by atoms with Crippen molar-refractivity contribution in [1.29, 1.82) is 0 Å². The molecule has 0 atom stereocenters. The molecule has 0 saturated heterocycles. The summed E-state index contributed by atoms with van der Waals surface area (Å²) in [5.41, 5.74) is 0.395. The minimum absolute atomic E-state index is 0.0671. The highest BCUT2D eigenvalue weighted by molar-refractivity contribution is 6.31. The van der Waals surface area contributed by atoms with Gasteiger partial charge in [-0.05, 0) is 48.7 Å². The molecule has 0 unspecified atom stereocenters. The van der Waals surface area contributed by atoms with Crippen LogP contribution in [-0.2, 0) is 0 Å². The van der Waals surface area contributed by atoms with Crippen LogP contribution >= 0.6 is 11.6 Å². The van der Waals surface area contributed by atoms with Crippen LogP contribution in [0.4, 0.5) is 0 Å². The van der Waals surface area contributed by atoms with E-state index in [0.717, 1.165) is 12.8 Å². The summed E-state index contributed by atoms with van der Waals surface area (Å²) in [6, 6.07) is 7.89. The van der Waals surface area contributed by atoms with Crippen molar-refractivity contribution in [2.45, 2.75) is 26.7 Å². The van der Waals surface area contributed by atoms with E-state index < -0.39 is 5.56 Å². The first-order valence-electron chi connectivity index (χ1n) is 9.13. The van der Waals surface area contributed by atoms with E-state index in [4.69, 9.17) is 21.1 Å². The van der Waals surface area contributed by atoms with Crippen LogP contribution in [0.1, 0.15) is 26.7 Å². The Balaban J connectivity index is 2.21. The van der Waals surface area contributed by atoms with Crippen LogP contribution in [0.25, 0.3) is 22.0 Å². The second-order valence-corrected chi connectivity index (χ2v) is 6.82. The average molecular weight is 404 g/mol. The third-order valence-electron chi connectivity index (χ3n) is 4.20. The normalized spacial score (nSPS) is 11.0. The molecular formula is C21H22ClNO5. The van der Waals surface area contributed by atoms with E-state index in [9.17, 15) is 15.0 Å². The number of benzene rings is 2. The molecule has 0 saturated carbocycles. The van der Waals surface area contributed by atoms with E-state index in [2.05, 4.69) is 4.98 Å². The topological polar surface area (TPSA) is 91.8 Å². The Labute approximate surface area is 167 Å². The summed E-state index contributed by atoms with van der Waals surface area (Å²) >= 11 is 5.97. The fraction of sp³-hybridized carbons (Fsp3) is 0.286. The Hall–Kier alpha value is -2.86. The predicted octanol–water partition coefficient (Wildman–Crippen LogP) is 4.84. The zero-order valence-electron chi connectivity index (χ0n) is 15.7. The zero-order chi connectivity index (χ0) is 20.3. The van der Waals surface area contributed by atoms with Gasteiger partial charge in [0.25, 0.3) is 5.56 Å². The van der Waals surface area contributed by atoms with Crippen molar-refractivity contribution in [3.05, 3.63) is 45.7 Å². The Bertz CT molecular complexity index is 1030. The van der Waals surface area contributed by atoms with Gasteiger partial charge in [-0.25, -0.2) is 0 Å². The number of halogens is 1. The Kier molecular flexibility index (Phi) is 5.99. The third kappa shape index (κ3) is 3.87. The average Bonchev–Trinajstić information content (AvgIpc) is 2.66. The van der Waals surface area contributed by atoms with Crippen LogP contribution in [0, 0.1) is 0 Å². The van der Waals surface area contributed by atoms with E-state index in [1.807, 2.05) is 13.8 Å². The second kappa shape index (κ2) is 8.44. The molecule has 0 radical (unpaired) electrons. The standard InChI is InChI=1S/C21H22ClNO5/c1-3-7-27-16-9-12(10-17(20(16)25)28-8-4-2)18-19(24)14-6-5-13(22)11-15(14)23-21(18)26/h5-6,9-11,25H,3-4,7-8H2,1-2H3,(H2,23,24,26). The van der Waals surface area contributed by atoms with Gasteiger partial charge in [-0.3, -0.25) is 4.79 Å². The number of hydrogen-bond donors (Lipinski definition) is 3. The molecule has 0 bridgehead atoms. The molecule has 2 aromatic carbocycles. The molecule has 28 heavy (non-hydrogen) atoms. The lowest BCUT2D eigenvalue weighted by Crippen LogP contribution is -2.10. The summed E-state index contributed by atoms with van der Waals surface area (Å²) in [7, 11) is 0. The molecule has 3 N–H and O–H groups in total. The highest BCUT2D eigenvalue weighted by Crippen LogP contribution is 2.43. The largest absolute Gasteiger partial charge is 0.506 e. The molecule has 0 aliphatic rings. The van der Waals surface area contributed by atoms with Gasteiger partial charge in [0, 0.05) is 10.4 Å². The van der Waals surface area contributed by atoms with Gasteiger partial charge in [0.05, 0.1) is 24.3 Å². The number of phenolic OH excluding ortho intramolecular Hbond substituents is 1. The summed E-state index contributed by atoms with van der Waals surface area (Å²) in [5.74, 6) is 0.0824. The maximum absolute atomic E-state index is 12.7. The Morgan fingerprint density at radius 1 is 0.964 bits per heavy atom. The number of hydrogen-bond acceptors (Lipinski definition) is 5. The van der Waals surface area contributed by atoms with Gasteiger partial charge < -0.3 is 24.7 Å².